The highest BCUT2D eigenvalue weighted by Gasteiger charge is 2.19. The van der Waals surface area contributed by atoms with Crippen molar-refractivity contribution in [3.63, 3.8) is 0 Å². The van der Waals surface area contributed by atoms with Gasteiger partial charge in [-0.2, -0.15) is 0 Å². The summed E-state index contributed by atoms with van der Waals surface area (Å²) in [5.41, 5.74) is 0. The van der Waals surface area contributed by atoms with Crippen molar-refractivity contribution in [2.24, 2.45) is 5.92 Å². The Bertz CT molecular complexity index is 132. The van der Waals surface area contributed by atoms with Crippen LogP contribution in [0.5, 0.6) is 0 Å². The predicted molar refractivity (Wildman–Crippen MR) is 37.6 cm³/mol. The molecule has 0 amide bonds. The largest absolute Gasteiger partial charge is 0.347 e. The molecule has 0 N–H and O–H groups in total. The van der Waals surface area contributed by atoms with Crippen LogP contribution in [0.4, 0.5) is 0 Å². The van der Waals surface area contributed by atoms with E-state index in [0.717, 1.165) is 19.1 Å². The van der Waals surface area contributed by atoms with E-state index in [1.165, 1.54) is 12.8 Å². The Morgan fingerprint density at radius 1 is 1.00 bits per heavy atom. The lowest BCUT2D eigenvalue weighted by atomic mass is 10.3. The fraction of sp³-hybridized carbons (Fsp3) is 0.750. The fourth-order valence-electron chi connectivity index (χ4n) is 1.02. The van der Waals surface area contributed by atoms with Gasteiger partial charge < -0.3 is 9.47 Å². The highest BCUT2D eigenvalue weighted by atomic mass is 16.7. The van der Waals surface area contributed by atoms with Crippen LogP contribution in [0.15, 0.2) is 12.2 Å². The molecule has 1 saturated carbocycles. The third-order valence-electron chi connectivity index (χ3n) is 1.81. The summed E-state index contributed by atoms with van der Waals surface area (Å²) < 4.78 is 10.4. The van der Waals surface area contributed by atoms with E-state index in [2.05, 4.69) is 6.08 Å². The first-order valence-corrected chi connectivity index (χ1v) is 3.87. The zero-order valence-electron chi connectivity index (χ0n) is 5.95. The molecule has 2 rings (SSSR count). The molecule has 2 nitrogen and oxygen atoms in total. The number of allylic oxidation sites excluding steroid dienone is 1. The summed E-state index contributed by atoms with van der Waals surface area (Å²) in [4.78, 5) is 0. The van der Waals surface area contributed by atoms with E-state index in [4.69, 9.17) is 9.47 Å². The highest BCUT2D eigenvalue weighted by Crippen LogP contribution is 2.30. The van der Waals surface area contributed by atoms with Crippen molar-refractivity contribution in [3.05, 3.63) is 12.2 Å². The molecule has 0 aromatic rings. The summed E-state index contributed by atoms with van der Waals surface area (Å²) in [5, 5.41) is 0. The molecule has 0 radical (unpaired) electrons. The van der Waals surface area contributed by atoms with E-state index < -0.39 is 0 Å². The van der Waals surface area contributed by atoms with Crippen molar-refractivity contribution in [3.8, 4) is 0 Å². The standard InChI is InChI=1S/C8H12O2/c1-2-7(1)3-4-8-9-5-6-10-8/h3-4,7-8H,1-2,5-6H2. The smallest absolute Gasteiger partial charge is 0.177 e. The Kier molecular flexibility index (Phi) is 1.74. The second-order valence-electron chi connectivity index (χ2n) is 2.83. The summed E-state index contributed by atoms with van der Waals surface area (Å²) >= 11 is 0. The topological polar surface area (TPSA) is 18.5 Å². The van der Waals surface area contributed by atoms with E-state index in [1.54, 1.807) is 0 Å². The van der Waals surface area contributed by atoms with Gasteiger partial charge in [0, 0.05) is 0 Å². The molecular weight excluding hydrogens is 128 g/mol. The van der Waals surface area contributed by atoms with Crippen LogP contribution in [0.1, 0.15) is 12.8 Å². The average molecular weight is 140 g/mol. The third-order valence-corrected chi connectivity index (χ3v) is 1.81. The molecular formula is C8H12O2. The first-order chi connectivity index (χ1) is 4.95. The van der Waals surface area contributed by atoms with Gasteiger partial charge in [-0.3, -0.25) is 0 Å². The lowest BCUT2D eigenvalue weighted by molar-refractivity contribution is -0.00178. The molecule has 2 aliphatic rings. The maximum atomic E-state index is 5.22. The zero-order valence-corrected chi connectivity index (χ0v) is 5.95. The molecule has 0 unspecified atom stereocenters. The van der Waals surface area contributed by atoms with Crippen molar-refractivity contribution >= 4 is 0 Å². The summed E-state index contributed by atoms with van der Waals surface area (Å²) in [6, 6.07) is 0. The molecule has 1 saturated heterocycles. The van der Waals surface area contributed by atoms with Crippen molar-refractivity contribution in [2.75, 3.05) is 13.2 Å². The van der Waals surface area contributed by atoms with Gasteiger partial charge in [0.15, 0.2) is 6.29 Å². The Morgan fingerprint density at radius 2 is 1.70 bits per heavy atom. The molecule has 2 fully saturated rings. The molecule has 0 spiro atoms. The van der Waals surface area contributed by atoms with Gasteiger partial charge >= 0.3 is 0 Å². The second kappa shape index (κ2) is 2.72. The van der Waals surface area contributed by atoms with Gasteiger partial charge in [0.05, 0.1) is 13.2 Å². The van der Waals surface area contributed by atoms with Gasteiger partial charge in [-0.25, -0.2) is 0 Å². The summed E-state index contributed by atoms with van der Waals surface area (Å²) in [6.07, 6.45) is 6.90. The number of ether oxygens (including phenoxy) is 2. The lowest BCUT2D eigenvalue weighted by Crippen LogP contribution is -2.01. The Labute approximate surface area is 60.8 Å². The van der Waals surface area contributed by atoms with E-state index in [-0.39, 0.29) is 6.29 Å². The van der Waals surface area contributed by atoms with Crippen LogP contribution in [0.2, 0.25) is 0 Å². The Hall–Kier alpha value is -0.340. The van der Waals surface area contributed by atoms with E-state index in [1.807, 2.05) is 6.08 Å². The van der Waals surface area contributed by atoms with Crippen molar-refractivity contribution in [1.29, 1.82) is 0 Å². The molecule has 1 heterocycles. The SMILES string of the molecule is C(=CC1OCCO1)C1CC1. The molecule has 1 aliphatic heterocycles. The molecule has 10 heavy (non-hydrogen) atoms. The summed E-state index contributed by atoms with van der Waals surface area (Å²) in [6.45, 7) is 1.50. The Balaban J connectivity index is 1.76. The second-order valence-corrected chi connectivity index (χ2v) is 2.83. The molecule has 56 valence electrons. The molecule has 0 bridgehead atoms. The van der Waals surface area contributed by atoms with Gasteiger partial charge in [-0.05, 0) is 24.8 Å². The highest BCUT2D eigenvalue weighted by molar-refractivity contribution is 4.97. The maximum absolute atomic E-state index is 5.22. The number of hydrogen-bond acceptors (Lipinski definition) is 2. The van der Waals surface area contributed by atoms with E-state index in [9.17, 15) is 0 Å². The quantitative estimate of drug-likeness (QED) is 0.539. The van der Waals surface area contributed by atoms with Crippen molar-refractivity contribution in [2.45, 2.75) is 19.1 Å². The van der Waals surface area contributed by atoms with Gasteiger partial charge in [0.25, 0.3) is 0 Å². The monoisotopic (exact) mass is 140 g/mol. The average Bonchev–Trinajstić information content (AvgIpc) is 2.63. The van der Waals surface area contributed by atoms with Gasteiger partial charge in [0.2, 0.25) is 0 Å². The molecule has 0 atom stereocenters. The number of hydrogen-bond donors (Lipinski definition) is 0. The van der Waals surface area contributed by atoms with Crippen LogP contribution in [0.3, 0.4) is 0 Å². The summed E-state index contributed by atoms with van der Waals surface area (Å²) in [5.74, 6) is 0.827. The molecule has 2 heteroatoms. The van der Waals surface area contributed by atoms with E-state index >= 15 is 0 Å². The van der Waals surface area contributed by atoms with Gasteiger partial charge in [0.1, 0.15) is 0 Å². The number of rotatable bonds is 2. The molecule has 0 aromatic carbocycles. The minimum atomic E-state index is -0.0411. The lowest BCUT2D eigenvalue weighted by Gasteiger charge is -1.99. The van der Waals surface area contributed by atoms with Crippen LogP contribution < -0.4 is 0 Å². The van der Waals surface area contributed by atoms with Gasteiger partial charge in [-0.15, -0.1) is 0 Å². The van der Waals surface area contributed by atoms with Crippen LogP contribution >= 0.6 is 0 Å². The zero-order chi connectivity index (χ0) is 6.81. The van der Waals surface area contributed by atoms with Crippen LogP contribution in [-0.4, -0.2) is 19.5 Å². The first kappa shape index (κ1) is 6.38. The van der Waals surface area contributed by atoms with Crippen molar-refractivity contribution < 1.29 is 9.47 Å². The minimum absolute atomic E-state index is 0.0411. The van der Waals surface area contributed by atoms with Gasteiger partial charge in [-0.1, -0.05) is 6.08 Å². The van der Waals surface area contributed by atoms with E-state index in [0.29, 0.717) is 0 Å². The van der Waals surface area contributed by atoms with Crippen LogP contribution in [0.25, 0.3) is 0 Å². The molecule has 0 aromatic heterocycles. The Morgan fingerprint density at radius 3 is 2.30 bits per heavy atom. The van der Waals surface area contributed by atoms with Crippen molar-refractivity contribution in [1.82, 2.24) is 0 Å². The fourth-order valence-corrected chi connectivity index (χ4v) is 1.02. The molecule has 1 aliphatic carbocycles. The maximum Gasteiger partial charge on any atom is 0.177 e. The normalized spacial score (nSPS) is 28.4. The van der Waals surface area contributed by atoms with Crippen LogP contribution in [0, 0.1) is 5.92 Å². The predicted octanol–water partition coefficient (Wildman–Crippen LogP) is 1.33. The first-order valence-electron chi connectivity index (χ1n) is 3.87. The summed E-state index contributed by atoms with van der Waals surface area (Å²) in [7, 11) is 0. The minimum Gasteiger partial charge on any atom is -0.347 e. The van der Waals surface area contributed by atoms with Crippen LogP contribution in [-0.2, 0) is 9.47 Å². The third kappa shape index (κ3) is 1.58.